The summed E-state index contributed by atoms with van der Waals surface area (Å²) in [6, 6.07) is 2.95. The standard InChI is InChI=1S/C19H26ClFN2O4/c1-19(2,26-4)10-9-15(24)23(3)11-5-6-14-16-13(22-18(25)27-14)8-7-12(20)17(16)21/h7-8,14H,5-6,9-11H2,1-4H3,(H,22,25). The number of methoxy groups -OCH3 is 1. The van der Waals surface area contributed by atoms with E-state index in [0.717, 1.165) is 0 Å². The van der Waals surface area contributed by atoms with Crippen LogP contribution in [-0.2, 0) is 14.3 Å². The topological polar surface area (TPSA) is 67.9 Å². The number of rotatable bonds is 8. The molecule has 0 spiro atoms. The lowest BCUT2D eigenvalue weighted by molar-refractivity contribution is -0.131. The van der Waals surface area contributed by atoms with Crippen LogP contribution in [0.3, 0.4) is 0 Å². The molecular weight excluding hydrogens is 375 g/mol. The molecule has 0 aliphatic carbocycles. The van der Waals surface area contributed by atoms with Crippen LogP contribution in [0, 0.1) is 5.82 Å². The van der Waals surface area contributed by atoms with E-state index in [1.54, 1.807) is 25.1 Å². The lowest BCUT2D eigenvalue weighted by Gasteiger charge is -2.28. The highest BCUT2D eigenvalue weighted by atomic mass is 35.5. The van der Waals surface area contributed by atoms with Crippen molar-refractivity contribution in [3.05, 3.63) is 28.5 Å². The predicted molar refractivity (Wildman–Crippen MR) is 101 cm³/mol. The minimum atomic E-state index is -0.733. The van der Waals surface area contributed by atoms with Crippen LogP contribution in [0.5, 0.6) is 0 Å². The van der Waals surface area contributed by atoms with Crippen LogP contribution in [0.1, 0.15) is 51.2 Å². The Kier molecular flexibility index (Phi) is 7.06. The molecule has 1 N–H and O–H groups in total. The fraction of sp³-hybridized carbons (Fsp3) is 0.579. The van der Waals surface area contributed by atoms with Crippen molar-refractivity contribution in [1.29, 1.82) is 0 Å². The fourth-order valence-corrected chi connectivity index (χ4v) is 3.03. The van der Waals surface area contributed by atoms with Crippen LogP contribution in [0.25, 0.3) is 0 Å². The summed E-state index contributed by atoms with van der Waals surface area (Å²) in [5, 5.41) is 2.45. The van der Waals surface area contributed by atoms with E-state index in [1.807, 2.05) is 13.8 Å². The first-order valence-electron chi connectivity index (χ1n) is 8.89. The Morgan fingerprint density at radius 3 is 2.81 bits per heavy atom. The third-order valence-corrected chi connectivity index (χ3v) is 5.11. The van der Waals surface area contributed by atoms with Gasteiger partial charge in [-0.1, -0.05) is 11.6 Å². The van der Waals surface area contributed by atoms with Gasteiger partial charge in [-0.15, -0.1) is 0 Å². The van der Waals surface area contributed by atoms with Crippen molar-refractivity contribution in [3.63, 3.8) is 0 Å². The molecule has 0 fully saturated rings. The van der Waals surface area contributed by atoms with Crippen LogP contribution >= 0.6 is 11.6 Å². The number of hydrogen-bond donors (Lipinski definition) is 1. The number of fused-ring (bicyclic) bond motifs is 1. The predicted octanol–water partition coefficient (Wildman–Crippen LogP) is 4.53. The molecule has 150 valence electrons. The Labute approximate surface area is 163 Å². The maximum Gasteiger partial charge on any atom is 0.412 e. The van der Waals surface area contributed by atoms with Crippen LogP contribution in [0.15, 0.2) is 12.1 Å². The van der Waals surface area contributed by atoms with E-state index in [2.05, 4.69) is 5.32 Å². The Morgan fingerprint density at radius 2 is 2.15 bits per heavy atom. The lowest BCUT2D eigenvalue weighted by atomic mass is 10.00. The third-order valence-electron chi connectivity index (χ3n) is 4.82. The van der Waals surface area contributed by atoms with Crippen molar-refractivity contribution in [2.75, 3.05) is 26.0 Å². The summed E-state index contributed by atoms with van der Waals surface area (Å²) in [7, 11) is 3.35. The number of amides is 2. The molecule has 1 aliphatic heterocycles. The Morgan fingerprint density at radius 1 is 1.44 bits per heavy atom. The number of hydrogen-bond acceptors (Lipinski definition) is 4. The van der Waals surface area contributed by atoms with E-state index in [4.69, 9.17) is 21.1 Å². The molecule has 1 atom stereocenters. The van der Waals surface area contributed by atoms with Gasteiger partial charge >= 0.3 is 6.09 Å². The summed E-state index contributed by atoms with van der Waals surface area (Å²) in [5.74, 6) is -0.581. The Balaban J connectivity index is 1.91. The van der Waals surface area contributed by atoms with Gasteiger partial charge in [0.15, 0.2) is 5.82 Å². The van der Waals surface area contributed by atoms with Crippen molar-refractivity contribution in [3.8, 4) is 0 Å². The Hall–Kier alpha value is -1.86. The summed E-state index contributed by atoms with van der Waals surface area (Å²) in [6.45, 7) is 4.34. The maximum atomic E-state index is 14.4. The lowest BCUT2D eigenvalue weighted by Crippen LogP contribution is -2.31. The molecule has 1 aromatic carbocycles. The highest BCUT2D eigenvalue weighted by Crippen LogP contribution is 2.38. The van der Waals surface area contributed by atoms with E-state index < -0.39 is 18.0 Å². The van der Waals surface area contributed by atoms with Gasteiger partial charge in [0.2, 0.25) is 5.91 Å². The second-order valence-corrected chi connectivity index (χ2v) is 7.67. The summed E-state index contributed by atoms with van der Waals surface area (Å²) in [6.07, 6.45) is 0.587. The Bertz CT molecular complexity index is 711. The quantitative estimate of drug-likeness (QED) is 0.696. The first-order valence-corrected chi connectivity index (χ1v) is 9.27. The molecule has 1 aromatic rings. The highest BCUT2D eigenvalue weighted by Gasteiger charge is 2.30. The smallest absolute Gasteiger partial charge is 0.412 e. The summed E-state index contributed by atoms with van der Waals surface area (Å²) >= 11 is 5.85. The molecule has 1 heterocycles. The van der Waals surface area contributed by atoms with Crippen molar-refractivity contribution >= 4 is 29.3 Å². The summed E-state index contributed by atoms with van der Waals surface area (Å²) < 4.78 is 24.9. The largest absolute Gasteiger partial charge is 0.441 e. The van der Waals surface area contributed by atoms with Crippen molar-refractivity contribution in [2.24, 2.45) is 0 Å². The molecule has 0 radical (unpaired) electrons. The average Bonchev–Trinajstić information content (AvgIpc) is 2.62. The number of carbonyl (C=O) groups is 2. The zero-order valence-electron chi connectivity index (χ0n) is 16.1. The van der Waals surface area contributed by atoms with Gasteiger partial charge in [0.25, 0.3) is 0 Å². The SMILES string of the molecule is COC(C)(C)CCC(=O)N(C)CCCC1OC(=O)Nc2ccc(Cl)c(F)c21. The molecular formula is C19H26ClFN2O4. The van der Waals surface area contributed by atoms with Gasteiger partial charge in [0.1, 0.15) is 6.10 Å². The van der Waals surface area contributed by atoms with Gasteiger partial charge in [-0.3, -0.25) is 10.1 Å². The molecule has 0 saturated carbocycles. The number of halogens is 2. The zero-order valence-corrected chi connectivity index (χ0v) is 16.9. The molecule has 1 aliphatic rings. The highest BCUT2D eigenvalue weighted by molar-refractivity contribution is 6.31. The van der Waals surface area contributed by atoms with E-state index in [9.17, 15) is 14.0 Å². The average molecular weight is 401 g/mol. The van der Waals surface area contributed by atoms with Crippen LogP contribution < -0.4 is 5.32 Å². The second kappa shape index (κ2) is 8.89. The van der Waals surface area contributed by atoms with Gasteiger partial charge in [-0.05, 0) is 45.2 Å². The molecule has 0 saturated heterocycles. The minimum Gasteiger partial charge on any atom is -0.441 e. The first kappa shape index (κ1) is 21.4. The molecule has 2 amide bonds. The number of ether oxygens (including phenoxy) is 2. The maximum absolute atomic E-state index is 14.4. The fourth-order valence-electron chi connectivity index (χ4n) is 2.86. The summed E-state index contributed by atoms with van der Waals surface area (Å²) in [5.41, 5.74) is 0.266. The van der Waals surface area contributed by atoms with Crippen LogP contribution in [0.4, 0.5) is 14.9 Å². The number of cyclic esters (lactones) is 1. The van der Waals surface area contributed by atoms with Crippen LogP contribution in [-0.4, -0.2) is 43.2 Å². The molecule has 8 heteroatoms. The number of carbonyl (C=O) groups excluding carboxylic acids is 2. The van der Waals surface area contributed by atoms with E-state index >= 15 is 0 Å². The molecule has 1 unspecified atom stereocenters. The molecule has 6 nitrogen and oxygen atoms in total. The van der Waals surface area contributed by atoms with Crippen molar-refractivity contribution in [1.82, 2.24) is 4.90 Å². The third kappa shape index (κ3) is 5.56. The van der Waals surface area contributed by atoms with E-state index in [0.29, 0.717) is 37.9 Å². The number of benzene rings is 1. The van der Waals surface area contributed by atoms with Gasteiger partial charge in [-0.2, -0.15) is 0 Å². The zero-order chi connectivity index (χ0) is 20.2. The molecule has 2 rings (SSSR count). The van der Waals surface area contributed by atoms with Gasteiger partial charge < -0.3 is 14.4 Å². The second-order valence-electron chi connectivity index (χ2n) is 7.26. The van der Waals surface area contributed by atoms with Crippen LogP contribution in [0.2, 0.25) is 5.02 Å². The number of nitrogens with one attached hydrogen (secondary N) is 1. The molecule has 0 aromatic heterocycles. The van der Waals surface area contributed by atoms with Gasteiger partial charge in [-0.25, -0.2) is 9.18 Å². The van der Waals surface area contributed by atoms with E-state index in [1.165, 1.54) is 6.07 Å². The number of anilines is 1. The first-order chi connectivity index (χ1) is 12.6. The number of nitrogens with zero attached hydrogens (tertiary/aromatic N) is 1. The molecule has 0 bridgehead atoms. The van der Waals surface area contributed by atoms with Crippen molar-refractivity contribution < 1.29 is 23.5 Å². The van der Waals surface area contributed by atoms with Gasteiger partial charge in [0.05, 0.1) is 21.9 Å². The minimum absolute atomic E-state index is 0.0112. The summed E-state index contributed by atoms with van der Waals surface area (Å²) in [4.78, 5) is 25.5. The van der Waals surface area contributed by atoms with Crippen molar-refractivity contribution in [2.45, 2.75) is 51.2 Å². The van der Waals surface area contributed by atoms with E-state index in [-0.39, 0.29) is 22.1 Å². The molecule has 27 heavy (non-hydrogen) atoms. The monoisotopic (exact) mass is 400 g/mol. The normalized spacial score (nSPS) is 16.4. The van der Waals surface area contributed by atoms with Gasteiger partial charge in [0, 0.05) is 27.1 Å².